The van der Waals surface area contributed by atoms with Gasteiger partial charge >= 0.3 is 37.7 Å². The second kappa shape index (κ2) is 12.6. The molecule has 3 heteroatoms. The summed E-state index contributed by atoms with van der Waals surface area (Å²) < 4.78 is 0. The second-order valence-corrected chi connectivity index (χ2v) is 1.76. The van der Waals surface area contributed by atoms with Crippen molar-refractivity contribution in [2.45, 2.75) is 25.9 Å². The molecular weight excluding hydrogens is 114 g/mol. The van der Waals surface area contributed by atoms with Gasteiger partial charge in [0.05, 0.1) is 0 Å². The molecule has 0 rings (SSSR count). The third-order valence-corrected chi connectivity index (χ3v) is 1.00. The Morgan fingerprint density at radius 1 is 1.60 bits per heavy atom. The molecule has 10 heavy (non-hydrogen) atoms. The molecule has 0 fully saturated rings. The van der Waals surface area contributed by atoms with Crippen molar-refractivity contribution in [1.82, 2.24) is 0 Å². The minimum Gasteiger partial charge on any atom is -0.849 e. The van der Waals surface area contributed by atoms with Crippen LogP contribution in [0, 0.1) is 6.42 Å². The smallest absolute Gasteiger partial charge is 0.849 e. The van der Waals surface area contributed by atoms with Gasteiger partial charge in [-0.15, -0.1) is 18.8 Å². The first-order valence-corrected chi connectivity index (χ1v) is 2.87. The Morgan fingerprint density at radius 2 is 2.10 bits per heavy atom. The van der Waals surface area contributed by atoms with Crippen molar-refractivity contribution in [2.24, 2.45) is 0 Å². The van der Waals surface area contributed by atoms with E-state index in [9.17, 15) is 5.11 Å². The first kappa shape index (κ1) is 17.1. The van der Waals surface area contributed by atoms with Crippen LogP contribution in [-0.4, -0.2) is 6.10 Å². The van der Waals surface area contributed by atoms with Crippen LogP contribution in [0.2, 0.25) is 0 Å². The molecule has 0 amide bonds. The van der Waals surface area contributed by atoms with Crippen LogP contribution in [0.1, 0.15) is 19.8 Å². The molecule has 0 heterocycles. The van der Waals surface area contributed by atoms with Crippen molar-refractivity contribution >= 4 is 0 Å². The van der Waals surface area contributed by atoms with Gasteiger partial charge in [-0.1, -0.05) is 6.42 Å². The Labute approximate surface area is 87.6 Å². The van der Waals surface area contributed by atoms with E-state index in [0.29, 0.717) is 6.42 Å². The van der Waals surface area contributed by atoms with Crippen LogP contribution in [0.3, 0.4) is 0 Å². The number of hydrogen-bond donors (Lipinski definition) is 0. The fraction of sp³-hybridized carbons (Fsp3) is 0.571. The normalized spacial score (nSPS) is 10.6. The van der Waals surface area contributed by atoms with Crippen LogP contribution in [0.4, 0.5) is 0 Å². The molecule has 0 N–H and O–H groups in total. The van der Waals surface area contributed by atoms with Gasteiger partial charge in [-0.05, 0) is 0 Å². The molecule has 0 aliphatic rings. The molecule has 1 unspecified atom stereocenters. The average molecular weight is 126 g/mol. The molecule has 0 aromatic rings. The van der Waals surface area contributed by atoms with Gasteiger partial charge in [-0.2, -0.15) is 13.3 Å². The van der Waals surface area contributed by atoms with Gasteiger partial charge in [-0.25, -0.2) is 0 Å². The number of hydrogen-bond acceptors (Lipinski definition) is 1. The van der Waals surface area contributed by atoms with Gasteiger partial charge in [0.15, 0.2) is 0 Å². The topological polar surface area (TPSA) is 23.1 Å². The summed E-state index contributed by atoms with van der Waals surface area (Å²) in [7, 11) is 0. The summed E-state index contributed by atoms with van der Waals surface area (Å²) in [5, 5.41) is 10.5. The first-order chi connectivity index (χ1) is 3.81. The van der Waals surface area contributed by atoms with Crippen LogP contribution in [0.25, 0.3) is 0 Å². The maximum atomic E-state index is 10.5. The zero-order valence-corrected chi connectivity index (χ0v) is 7.26. The SMILES string of the molecule is C=CC([O-])CC[CH-]C.[Li+].[Li+]. The van der Waals surface area contributed by atoms with Gasteiger partial charge in [0.2, 0.25) is 0 Å². The molecule has 1 atom stereocenters. The zero-order valence-electron chi connectivity index (χ0n) is 7.26. The Morgan fingerprint density at radius 3 is 2.40 bits per heavy atom. The molecule has 0 bridgehead atoms. The summed E-state index contributed by atoms with van der Waals surface area (Å²) in [6, 6.07) is 0. The summed E-state index contributed by atoms with van der Waals surface area (Å²) in [5.41, 5.74) is 0. The predicted octanol–water partition coefficient (Wildman–Crippen LogP) is -5.09. The zero-order chi connectivity index (χ0) is 6.41. The van der Waals surface area contributed by atoms with E-state index in [1.165, 1.54) is 6.08 Å². The molecular formula is C7H12Li2O. The first-order valence-electron chi connectivity index (χ1n) is 2.87. The molecule has 0 aromatic heterocycles. The van der Waals surface area contributed by atoms with Crippen molar-refractivity contribution in [1.29, 1.82) is 0 Å². The Bertz CT molecular complexity index is 66.6. The summed E-state index contributed by atoms with van der Waals surface area (Å²) >= 11 is 0. The monoisotopic (exact) mass is 126 g/mol. The minimum atomic E-state index is -0.564. The number of rotatable bonds is 4. The van der Waals surface area contributed by atoms with E-state index in [0.717, 1.165) is 6.42 Å². The second-order valence-electron chi connectivity index (χ2n) is 1.76. The summed E-state index contributed by atoms with van der Waals surface area (Å²) in [6.45, 7) is 5.34. The van der Waals surface area contributed by atoms with E-state index in [4.69, 9.17) is 0 Å². The molecule has 0 saturated carbocycles. The molecule has 0 aliphatic heterocycles. The van der Waals surface area contributed by atoms with Crippen molar-refractivity contribution in [3.05, 3.63) is 19.1 Å². The summed E-state index contributed by atoms with van der Waals surface area (Å²) in [6.07, 6.45) is 4.48. The third-order valence-electron chi connectivity index (χ3n) is 1.00. The van der Waals surface area contributed by atoms with Crippen molar-refractivity contribution in [2.75, 3.05) is 0 Å². The molecule has 0 aromatic carbocycles. The van der Waals surface area contributed by atoms with Gasteiger partial charge in [0.25, 0.3) is 0 Å². The molecule has 1 nitrogen and oxygen atoms in total. The fourth-order valence-electron chi connectivity index (χ4n) is 0.449. The van der Waals surface area contributed by atoms with Crippen LogP contribution in [-0.2, 0) is 0 Å². The van der Waals surface area contributed by atoms with E-state index in [1.54, 1.807) is 0 Å². The summed E-state index contributed by atoms with van der Waals surface area (Å²) in [5.74, 6) is 0. The molecule has 48 valence electrons. The number of unbranched alkanes of at least 4 members (excludes halogenated alkanes) is 1. The largest absolute Gasteiger partial charge is 1.00 e. The van der Waals surface area contributed by atoms with Gasteiger partial charge < -0.3 is 11.5 Å². The third kappa shape index (κ3) is 11.7. The Balaban J connectivity index is -0.000000245. The van der Waals surface area contributed by atoms with Crippen LogP contribution in [0.15, 0.2) is 12.7 Å². The van der Waals surface area contributed by atoms with Crippen LogP contribution >= 0.6 is 0 Å². The maximum Gasteiger partial charge on any atom is 1.00 e. The summed E-state index contributed by atoms with van der Waals surface area (Å²) in [4.78, 5) is 0. The minimum absolute atomic E-state index is 0. The van der Waals surface area contributed by atoms with Gasteiger partial charge in [0.1, 0.15) is 0 Å². The van der Waals surface area contributed by atoms with E-state index in [1.807, 2.05) is 13.3 Å². The fourth-order valence-corrected chi connectivity index (χ4v) is 0.449. The van der Waals surface area contributed by atoms with E-state index in [2.05, 4.69) is 6.58 Å². The molecule has 0 spiro atoms. The van der Waals surface area contributed by atoms with Crippen molar-refractivity contribution in [3.63, 3.8) is 0 Å². The maximum absolute atomic E-state index is 10.5. The quantitative estimate of drug-likeness (QED) is 0.210. The van der Waals surface area contributed by atoms with E-state index < -0.39 is 6.10 Å². The Kier molecular flexibility index (Phi) is 21.5. The Hall–Kier alpha value is 0.895. The molecule has 0 radical (unpaired) electrons. The van der Waals surface area contributed by atoms with Gasteiger partial charge in [-0.3, -0.25) is 0 Å². The van der Waals surface area contributed by atoms with E-state index in [-0.39, 0.29) is 37.7 Å². The predicted molar refractivity (Wildman–Crippen MR) is 33.2 cm³/mol. The average Bonchev–Trinajstić information content (AvgIpc) is 1.83. The standard InChI is InChI=1S/C7H12O.2Li/c1-3-5-6-7(8)4-2;;/h3-4,7H,2,5-6H2,1H3;;/q-2;2*+1. The van der Waals surface area contributed by atoms with Crippen LogP contribution in [0.5, 0.6) is 0 Å². The van der Waals surface area contributed by atoms with E-state index >= 15 is 0 Å². The molecule has 0 aliphatic carbocycles. The van der Waals surface area contributed by atoms with Gasteiger partial charge in [0, 0.05) is 0 Å². The van der Waals surface area contributed by atoms with Crippen molar-refractivity contribution in [3.8, 4) is 0 Å². The van der Waals surface area contributed by atoms with Crippen LogP contribution < -0.4 is 42.8 Å². The molecule has 0 saturated heterocycles. The van der Waals surface area contributed by atoms with Crippen molar-refractivity contribution < 1.29 is 42.8 Å².